The molecule has 0 bridgehead atoms. The number of nitrogens with zero attached hydrogens (tertiary/aromatic N) is 2. The Hall–Kier alpha value is -2.16. The molecule has 0 aromatic heterocycles. The van der Waals surface area contributed by atoms with Crippen LogP contribution in [0.1, 0.15) is 30.4 Å². The standard InChI is InChI=1S/C25H28Br4N4O6/c1-38-22-16(26)8-14(9-17(22)27)12-20(32-36)24(34)30-6-4-3-5-7-31-25(35)21(33-37)13-15-10-18(28)23(39-2)19(29)11-15/h8-11,36-37H,3-7,12-13H2,1-2H3,(H,30,34)(H,31,35)/b32-20+,33-21+. The number of carbonyl (C=O) groups is 2. The van der Waals surface area contributed by atoms with Gasteiger partial charge in [0.1, 0.15) is 22.9 Å². The Morgan fingerprint density at radius 1 is 0.692 bits per heavy atom. The molecule has 0 heterocycles. The Balaban J connectivity index is 1.72. The first kappa shape index (κ1) is 33.0. The molecule has 0 aliphatic rings. The van der Waals surface area contributed by atoms with Gasteiger partial charge in [-0.25, -0.2) is 0 Å². The van der Waals surface area contributed by atoms with Crippen LogP contribution in [0.4, 0.5) is 0 Å². The van der Waals surface area contributed by atoms with Crippen LogP contribution in [0.5, 0.6) is 11.5 Å². The number of oxime groups is 2. The van der Waals surface area contributed by atoms with Gasteiger partial charge in [0, 0.05) is 25.9 Å². The molecule has 0 aliphatic carbocycles. The Bertz CT molecular complexity index is 1100. The van der Waals surface area contributed by atoms with Crippen LogP contribution in [0.3, 0.4) is 0 Å². The molecular weight excluding hydrogens is 772 g/mol. The third-order valence-electron chi connectivity index (χ3n) is 5.46. The normalized spacial score (nSPS) is 11.7. The van der Waals surface area contributed by atoms with E-state index >= 15 is 0 Å². The third kappa shape index (κ3) is 10.1. The van der Waals surface area contributed by atoms with Gasteiger partial charge in [0.05, 0.1) is 32.1 Å². The van der Waals surface area contributed by atoms with Gasteiger partial charge in [0.2, 0.25) is 0 Å². The highest BCUT2D eigenvalue weighted by Crippen LogP contribution is 2.35. The zero-order valence-electron chi connectivity index (χ0n) is 21.2. The van der Waals surface area contributed by atoms with Crippen LogP contribution < -0.4 is 20.1 Å². The van der Waals surface area contributed by atoms with Crippen LogP contribution in [0.25, 0.3) is 0 Å². The lowest BCUT2D eigenvalue weighted by atomic mass is 10.1. The van der Waals surface area contributed by atoms with E-state index in [1.54, 1.807) is 38.5 Å². The summed E-state index contributed by atoms with van der Waals surface area (Å²) in [6, 6.07) is 7.16. The van der Waals surface area contributed by atoms with Crippen LogP contribution in [0, 0.1) is 0 Å². The molecule has 14 heteroatoms. The SMILES string of the molecule is COc1c(Br)cc(C/C(=N\O)C(=O)NCCCCCNC(=O)/C(Cc2cc(Br)c(OC)c(Br)c2)=N/O)cc1Br. The lowest BCUT2D eigenvalue weighted by Crippen LogP contribution is -2.34. The van der Waals surface area contributed by atoms with Crippen molar-refractivity contribution in [3.63, 3.8) is 0 Å². The minimum atomic E-state index is -0.463. The fourth-order valence-corrected chi connectivity index (χ4v) is 6.77. The fraction of sp³-hybridized carbons (Fsp3) is 0.360. The largest absolute Gasteiger partial charge is 0.494 e. The summed E-state index contributed by atoms with van der Waals surface area (Å²) < 4.78 is 13.4. The van der Waals surface area contributed by atoms with E-state index in [4.69, 9.17) is 9.47 Å². The monoisotopic (exact) mass is 796 g/mol. The van der Waals surface area contributed by atoms with Gasteiger partial charge in [0.25, 0.3) is 11.8 Å². The molecule has 2 aromatic carbocycles. The summed E-state index contributed by atoms with van der Waals surface area (Å²) in [5.74, 6) is 0.324. The summed E-state index contributed by atoms with van der Waals surface area (Å²) in [5.41, 5.74) is 1.48. The van der Waals surface area contributed by atoms with E-state index in [9.17, 15) is 20.0 Å². The highest BCUT2D eigenvalue weighted by Gasteiger charge is 2.17. The van der Waals surface area contributed by atoms with Crippen LogP contribution >= 0.6 is 63.7 Å². The van der Waals surface area contributed by atoms with Crippen molar-refractivity contribution in [3.05, 3.63) is 53.3 Å². The molecule has 0 fully saturated rings. The van der Waals surface area contributed by atoms with Crippen molar-refractivity contribution >= 4 is 87.0 Å². The van der Waals surface area contributed by atoms with Crippen molar-refractivity contribution in [3.8, 4) is 11.5 Å². The third-order valence-corrected chi connectivity index (χ3v) is 7.81. The number of methoxy groups -OCH3 is 2. The van der Waals surface area contributed by atoms with Crippen molar-refractivity contribution in [2.45, 2.75) is 32.1 Å². The molecular formula is C25H28Br4N4O6. The van der Waals surface area contributed by atoms with E-state index in [-0.39, 0.29) is 24.3 Å². The van der Waals surface area contributed by atoms with Gasteiger partial charge in [-0.3, -0.25) is 9.59 Å². The molecule has 212 valence electrons. The molecule has 0 aliphatic heterocycles. The molecule has 2 aromatic rings. The number of carbonyl (C=O) groups excluding carboxylic acids is 2. The van der Waals surface area contributed by atoms with Gasteiger partial charge in [-0.05, 0) is 118 Å². The van der Waals surface area contributed by atoms with Crippen molar-refractivity contribution in [1.82, 2.24) is 10.6 Å². The van der Waals surface area contributed by atoms with Crippen LogP contribution in [-0.2, 0) is 22.4 Å². The molecule has 0 saturated heterocycles. The number of rotatable bonds is 14. The second-order valence-electron chi connectivity index (χ2n) is 8.20. The minimum absolute atomic E-state index is 0.0158. The van der Waals surface area contributed by atoms with E-state index in [1.807, 2.05) is 0 Å². The second-order valence-corrected chi connectivity index (χ2v) is 11.6. The molecule has 0 spiro atoms. The number of hydrogen-bond donors (Lipinski definition) is 4. The summed E-state index contributed by atoms with van der Waals surface area (Å²) in [7, 11) is 3.10. The first-order valence-electron chi connectivity index (χ1n) is 11.7. The maximum atomic E-state index is 12.4. The summed E-state index contributed by atoms with van der Waals surface area (Å²) >= 11 is 13.7. The number of amides is 2. The molecule has 2 rings (SSSR count). The first-order chi connectivity index (χ1) is 18.6. The summed E-state index contributed by atoms with van der Waals surface area (Å²) in [4.78, 5) is 24.9. The zero-order valence-corrected chi connectivity index (χ0v) is 27.5. The maximum absolute atomic E-state index is 12.4. The van der Waals surface area contributed by atoms with Gasteiger partial charge in [-0.15, -0.1) is 0 Å². The van der Waals surface area contributed by atoms with Crippen LogP contribution in [0.15, 0.2) is 52.5 Å². The van der Waals surface area contributed by atoms with Gasteiger partial charge in [-0.1, -0.05) is 10.3 Å². The zero-order chi connectivity index (χ0) is 28.9. The predicted octanol–water partition coefficient (Wildman–Crippen LogP) is 5.60. The van der Waals surface area contributed by atoms with Gasteiger partial charge >= 0.3 is 0 Å². The summed E-state index contributed by atoms with van der Waals surface area (Å²) in [6.45, 7) is 0.763. The predicted molar refractivity (Wildman–Crippen MR) is 163 cm³/mol. The fourth-order valence-electron chi connectivity index (χ4n) is 3.56. The van der Waals surface area contributed by atoms with E-state index in [2.05, 4.69) is 84.7 Å². The maximum Gasteiger partial charge on any atom is 0.269 e. The molecule has 0 unspecified atom stereocenters. The molecule has 0 saturated carbocycles. The highest BCUT2D eigenvalue weighted by atomic mass is 79.9. The molecule has 0 radical (unpaired) electrons. The molecule has 2 amide bonds. The topological polar surface area (TPSA) is 142 Å². The van der Waals surface area contributed by atoms with Crippen molar-refractivity contribution in [2.24, 2.45) is 10.3 Å². The van der Waals surface area contributed by atoms with Gasteiger partial charge < -0.3 is 30.5 Å². The Morgan fingerprint density at radius 2 is 1.03 bits per heavy atom. The van der Waals surface area contributed by atoms with Crippen LogP contribution in [0.2, 0.25) is 0 Å². The first-order valence-corrected chi connectivity index (χ1v) is 14.8. The van der Waals surface area contributed by atoms with Crippen molar-refractivity contribution < 1.29 is 29.5 Å². The second kappa shape index (κ2) is 16.8. The van der Waals surface area contributed by atoms with E-state index in [0.29, 0.717) is 55.3 Å². The van der Waals surface area contributed by atoms with E-state index in [0.717, 1.165) is 17.5 Å². The number of nitrogens with one attached hydrogen (secondary N) is 2. The number of ether oxygens (including phenoxy) is 2. The molecule has 4 N–H and O–H groups in total. The van der Waals surface area contributed by atoms with Crippen molar-refractivity contribution in [2.75, 3.05) is 27.3 Å². The average Bonchev–Trinajstić information content (AvgIpc) is 2.89. The lowest BCUT2D eigenvalue weighted by Gasteiger charge is -2.11. The van der Waals surface area contributed by atoms with Crippen LogP contribution in [-0.4, -0.2) is 61.0 Å². The Morgan fingerprint density at radius 3 is 1.31 bits per heavy atom. The van der Waals surface area contributed by atoms with Gasteiger partial charge in [0.15, 0.2) is 0 Å². The van der Waals surface area contributed by atoms with E-state index < -0.39 is 11.8 Å². The smallest absolute Gasteiger partial charge is 0.269 e. The quantitative estimate of drug-likeness (QED) is 0.0849. The lowest BCUT2D eigenvalue weighted by molar-refractivity contribution is -0.115. The molecule has 0 atom stereocenters. The number of halogens is 4. The number of benzene rings is 2. The minimum Gasteiger partial charge on any atom is -0.494 e. The summed E-state index contributed by atoms with van der Waals surface area (Å²) in [5, 5.41) is 30.5. The highest BCUT2D eigenvalue weighted by molar-refractivity contribution is 9.11. The number of unbranched alkanes of at least 4 members (excludes halogenated alkanes) is 2. The van der Waals surface area contributed by atoms with Crippen molar-refractivity contribution in [1.29, 1.82) is 0 Å². The summed E-state index contributed by atoms with van der Waals surface area (Å²) in [6.07, 6.45) is 2.32. The number of hydrogen-bond acceptors (Lipinski definition) is 8. The molecule has 10 nitrogen and oxygen atoms in total. The average molecular weight is 800 g/mol. The van der Waals surface area contributed by atoms with Gasteiger partial charge in [-0.2, -0.15) is 0 Å². The Kier molecular flexibility index (Phi) is 14.3. The van der Waals surface area contributed by atoms with E-state index in [1.165, 1.54) is 0 Å². The molecule has 39 heavy (non-hydrogen) atoms. The Labute approximate surface area is 260 Å².